The number of amides is 1. The van der Waals surface area contributed by atoms with Crippen molar-refractivity contribution < 1.29 is 13.4 Å². The van der Waals surface area contributed by atoms with E-state index in [9.17, 15) is 13.4 Å². The second kappa shape index (κ2) is 4.69. The van der Waals surface area contributed by atoms with Gasteiger partial charge in [-0.1, -0.05) is 18.2 Å². The molecule has 0 aliphatic rings. The third kappa shape index (κ3) is 2.72. The van der Waals surface area contributed by atoms with Gasteiger partial charge < -0.3 is 0 Å². The summed E-state index contributed by atoms with van der Waals surface area (Å²) in [6.45, 7) is 1.04. The Hall–Kier alpha value is -0.650. The highest BCUT2D eigenvalue weighted by Crippen LogP contribution is 2.37. The number of nitrogens with zero attached hydrogens (tertiary/aromatic N) is 1. The quantitative estimate of drug-likeness (QED) is 0.783. The maximum absolute atomic E-state index is 13.5. The average Bonchev–Trinajstić information content (AvgIpc) is 2.16. The Morgan fingerprint density at radius 2 is 1.88 bits per heavy atom. The van der Waals surface area contributed by atoms with E-state index in [0.717, 1.165) is 6.92 Å². The Morgan fingerprint density at radius 1 is 1.38 bits per heavy atom. The lowest BCUT2D eigenvalue weighted by Gasteiger charge is -2.15. The first-order valence-corrected chi connectivity index (χ1v) is 6.43. The average molecular weight is 284 g/mol. The number of hydrogen-bond acceptors (Lipinski definition) is 2. The summed E-state index contributed by atoms with van der Waals surface area (Å²) >= 11 is 10.4. The van der Waals surface area contributed by atoms with Gasteiger partial charge in [-0.25, -0.2) is 4.21 Å². The molecule has 0 saturated heterocycles. The van der Waals surface area contributed by atoms with Crippen LogP contribution in [0.4, 0.5) is 4.39 Å². The monoisotopic (exact) mass is 283 g/mol. The van der Waals surface area contributed by atoms with Gasteiger partial charge in [-0.05, 0) is 35.3 Å². The number of rotatable bonds is 2. The summed E-state index contributed by atoms with van der Waals surface area (Å²) in [7, 11) is -3.84. The van der Waals surface area contributed by atoms with Gasteiger partial charge in [0.25, 0.3) is 5.91 Å². The van der Waals surface area contributed by atoms with E-state index < -0.39 is 19.6 Å². The van der Waals surface area contributed by atoms with E-state index in [1.54, 1.807) is 6.07 Å². The SMILES string of the molecule is CC(=O)N=[S@@](=O)(c1ccccc1)C(F)(Cl)Cl. The van der Waals surface area contributed by atoms with Gasteiger partial charge >= 0.3 is 3.92 Å². The fourth-order valence-electron chi connectivity index (χ4n) is 1.02. The minimum absolute atomic E-state index is 0.0299. The summed E-state index contributed by atoms with van der Waals surface area (Å²) in [5.41, 5.74) is 0. The molecule has 0 N–H and O–H groups in total. The van der Waals surface area contributed by atoms with Crippen molar-refractivity contribution in [3.05, 3.63) is 30.3 Å². The molecule has 16 heavy (non-hydrogen) atoms. The minimum atomic E-state index is -3.84. The number of halogens is 3. The number of carbonyl (C=O) groups is 1. The minimum Gasteiger partial charge on any atom is -0.272 e. The van der Waals surface area contributed by atoms with Crippen LogP contribution in [0.5, 0.6) is 0 Å². The normalized spacial score (nSPS) is 15.2. The van der Waals surface area contributed by atoms with Crippen molar-refractivity contribution >= 4 is 38.8 Å². The lowest BCUT2D eigenvalue weighted by Crippen LogP contribution is -2.21. The third-order valence-electron chi connectivity index (χ3n) is 1.63. The highest BCUT2D eigenvalue weighted by molar-refractivity contribution is 7.97. The molecule has 0 aromatic heterocycles. The first-order valence-electron chi connectivity index (χ1n) is 4.16. The molecule has 1 atom stereocenters. The molecular weight excluding hydrogens is 276 g/mol. The predicted molar refractivity (Wildman–Crippen MR) is 61.5 cm³/mol. The van der Waals surface area contributed by atoms with Crippen molar-refractivity contribution in [3.8, 4) is 0 Å². The van der Waals surface area contributed by atoms with Crippen LogP contribution in [-0.2, 0) is 14.5 Å². The Labute approximate surface area is 103 Å². The van der Waals surface area contributed by atoms with Gasteiger partial charge in [-0.2, -0.15) is 8.75 Å². The van der Waals surface area contributed by atoms with Crippen LogP contribution in [-0.4, -0.2) is 14.0 Å². The molecule has 88 valence electrons. The molecule has 0 spiro atoms. The van der Waals surface area contributed by atoms with Gasteiger partial charge in [-0.15, -0.1) is 0 Å². The Balaban J connectivity index is 3.52. The fourth-order valence-corrected chi connectivity index (χ4v) is 3.13. The van der Waals surface area contributed by atoms with E-state index in [0.29, 0.717) is 0 Å². The molecule has 1 aromatic carbocycles. The van der Waals surface area contributed by atoms with Gasteiger partial charge in [0.05, 0.1) is 4.90 Å². The maximum Gasteiger partial charge on any atom is 0.344 e. The largest absolute Gasteiger partial charge is 0.344 e. The van der Waals surface area contributed by atoms with E-state index in [1.807, 2.05) is 0 Å². The number of carbonyl (C=O) groups excluding carboxylic acids is 1. The van der Waals surface area contributed by atoms with Crippen LogP contribution in [0.25, 0.3) is 0 Å². The van der Waals surface area contributed by atoms with E-state index in [1.165, 1.54) is 24.3 Å². The van der Waals surface area contributed by atoms with Crippen molar-refractivity contribution in [3.63, 3.8) is 0 Å². The van der Waals surface area contributed by atoms with Crippen molar-refractivity contribution in [2.75, 3.05) is 0 Å². The van der Waals surface area contributed by atoms with Crippen molar-refractivity contribution in [2.24, 2.45) is 4.36 Å². The molecule has 1 aromatic rings. The van der Waals surface area contributed by atoms with Gasteiger partial charge in [0.1, 0.15) is 9.73 Å². The summed E-state index contributed by atoms with van der Waals surface area (Å²) in [6.07, 6.45) is 0. The summed E-state index contributed by atoms with van der Waals surface area (Å²) in [4.78, 5) is 10.8. The number of hydrogen-bond donors (Lipinski definition) is 0. The summed E-state index contributed by atoms with van der Waals surface area (Å²) < 4.78 is 25.8. The molecule has 3 nitrogen and oxygen atoms in total. The molecule has 0 saturated carbocycles. The summed E-state index contributed by atoms with van der Waals surface area (Å²) in [5, 5.41) is 0. The van der Waals surface area contributed by atoms with E-state index in [4.69, 9.17) is 23.2 Å². The van der Waals surface area contributed by atoms with Gasteiger partial charge in [0.2, 0.25) is 0 Å². The van der Waals surface area contributed by atoms with Crippen LogP contribution >= 0.6 is 23.2 Å². The Bertz CT molecular complexity index is 504. The van der Waals surface area contributed by atoms with Crippen LogP contribution in [0.2, 0.25) is 0 Å². The molecule has 0 bridgehead atoms. The lowest BCUT2D eigenvalue weighted by atomic mass is 10.4. The molecule has 0 aliphatic heterocycles. The zero-order valence-electron chi connectivity index (χ0n) is 8.19. The molecule has 0 aliphatic carbocycles. The van der Waals surface area contributed by atoms with Crippen molar-refractivity contribution in [1.29, 1.82) is 0 Å². The van der Waals surface area contributed by atoms with Gasteiger partial charge in [-0.3, -0.25) is 4.79 Å². The van der Waals surface area contributed by atoms with Crippen molar-refractivity contribution in [2.45, 2.75) is 15.7 Å². The molecular formula is C9H8Cl2FNO2S. The van der Waals surface area contributed by atoms with E-state index in [2.05, 4.69) is 4.36 Å². The van der Waals surface area contributed by atoms with Crippen LogP contribution in [0, 0.1) is 0 Å². The molecule has 1 rings (SSSR count). The van der Waals surface area contributed by atoms with Gasteiger partial charge in [0.15, 0.2) is 0 Å². The molecule has 0 fully saturated rings. The highest BCUT2D eigenvalue weighted by Gasteiger charge is 2.39. The number of alkyl halides is 3. The molecule has 0 unspecified atom stereocenters. The standard InChI is InChI=1S/C9H8Cl2FNO2S/c1-7(14)13-16(15,9(10,11)12)8-5-3-2-4-6-8/h2-6H,1H3/t16-/m1/s1. The second-order valence-corrected chi connectivity index (χ2v) is 6.85. The first kappa shape index (κ1) is 13.4. The lowest BCUT2D eigenvalue weighted by molar-refractivity contribution is -0.115. The maximum atomic E-state index is 13.5. The third-order valence-corrected chi connectivity index (χ3v) is 4.94. The van der Waals surface area contributed by atoms with Crippen LogP contribution in [0.1, 0.15) is 6.92 Å². The van der Waals surface area contributed by atoms with Crippen LogP contribution in [0.3, 0.4) is 0 Å². The van der Waals surface area contributed by atoms with Gasteiger partial charge in [0, 0.05) is 6.92 Å². The highest BCUT2D eigenvalue weighted by atomic mass is 35.5. The molecule has 1 amide bonds. The van der Waals surface area contributed by atoms with E-state index in [-0.39, 0.29) is 4.90 Å². The topological polar surface area (TPSA) is 46.5 Å². The zero-order chi connectivity index (χ0) is 12.4. The summed E-state index contributed by atoms with van der Waals surface area (Å²) in [5.74, 6) is -0.808. The smallest absolute Gasteiger partial charge is 0.272 e. The Kier molecular flexibility index (Phi) is 3.93. The number of benzene rings is 1. The van der Waals surface area contributed by atoms with Crippen LogP contribution < -0.4 is 0 Å². The first-order chi connectivity index (χ1) is 7.27. The van der Waals surface area contributed by atoms with Crippen LogP contribution in [0.15, 0.2) is 39.6 Å². The second-order valence-electron chi connectivity index (χ2n) is 2.89. The van der Waals surface area contributed by atoms with E-state index >= 15 is 0 Å². The molecule has 0 heterocycles. The fraction of sp³-hybridized carbons (Fsp3) is 0.222. The predicted octanol–water partition coefficient (Wildman–Crippen LogP) is 3.12. The zero-order valence-corrected chi connectivity index (χ0v) is 10.5. The molecule has 0 radical (unpaired) electrons. The van der Waals surface area contributed by atoms with Crippen molar-refractivity contribution in [1.82, 2.24) is 0 Å². The summed E-state index contributed by atoms with van der Waals surface area (Å²) in [6, 6.07) is 7.36. The molecule has 7 heteroatoms. The Morgan fingerprint density at radius 3 is 2.25 bits per heavy atom.